The molecule has 0 saturated heterocycles. The monoisotopic (exact) mass is 304 g/mol. The highest BCUT2D eigenvalue weighted by atomic mass is 16.5. The van der Waals surface area contributed by atoms with E-state index in [1.54, 1.807) is 31.4 Å². The van der Waals surface area contributed by atoms with E-state index in [2.05, 4.69) is 5.32 Å². The lowest BCUT2D eigenvalue weighted by molar-refractivity contribution is -0.117. The van der Waals surface area contributed by atoms with Gasteiger partial charge in [-0.25, -0.2) is 0 Å². The molecule has 1 aromatic carbocycles. The summed E-state index contributed by atoms with van der Waals surface area (Å²) in [7, 11) is 3.10. The zero-order chi connectivity index (χ0) is 16.4. The number of nitriles is 1. The Morgan fingerprint density at radius 1 is 1.41 bits per heavy atom. The Morgan fingerprint density at radius 3 is 2.82 bits per heavy atom. The Kier molecular flexibility index (Phi) is 7.51. The van der Waals surface area contributed by atoms with Crippen LogP contribution in [0.25, 0.3) is 6.08 Å². The average Bonchev–Trinajstić information content (AvgIpc) is 2.51. The maximum Gasteiger partial charge on any atom is 0.244 e. The van der Waals surface area contributed by atoms with Gasteiger partial charge in [0.2, 0.25) is 5.91 Å². The summed E-state index contributed by atoms with van der Waals surface area (Å²) in [5, 5.41) is 11.3. The molecule has 0 saturated carbocycles. The van der Waals surface area contributed by atoms with E-state index in [9.17, 15) is 4.79 Å². The number of carbonyl (C=O) groups excluding carboxylic acids is 1. The number of nitrogens with one attached hydrogen (secondary N) is 1. The Bertz CT molecular complexity index is 564. The molecule has 0 heterocycles. The summed E-state index contributed by atoms with van der Waals surface area (Å²) >= 11 is 0. The first-order chi connectivity index (χ1) is 10.6. The fraction of sp³-hybridized carbons (Fsp3) is 0.375. The highest BCUT2D eigenvalue weighted by Crippen LogP contribution is 2.28. The van der Waals surface area contributed by atoms with Gasteiger partial charge in [-0.1, -0.05) is 6.07 Å². The third-order valence-corrected chi connectivity index (χ3v) is 2.71. The molecular weight excluding hydrogens is 284 g/mol. The third-order valence-electron chi connectivity index (χ3n) is 2.71. The lowest BCUT2D eigenvalue weighted by atomic mass is 10.2. The van der Waals surface area contributed by atoms with Crippen molar-refractivity contribution < 1.29 is 19.0 Å². The van der Waals surface area contributed by atoms with Crippen LogP contribution >= 0.6 is 0 Å². The lowest BCUT2D eigenvalue weighted by Gasteiger charge is -2.10. The van der Waals surface area contributed by atoms with Gasteiger partial charge >= 0.3 is 0 Å². The van der Waals surface area contributed by atoms with Crippen molar-refractivity contribution in [1.82, 2.24) is 5.32 Å². The molecule has 1 aromatic rings. The maximum absolute atomic E-state index is 11.7. The van der Waals surface area contributed by atoms with Gasteiger partial charge in [0.1, 0.15) is 6.07 Å². The van der Waals surface area contributed by atoms with E-state index < -0.39 is 0 Å². The molecule has 1 unspecified atom stereocenters. The Hall–Kier alpha value is -2.52. The molecule has 1 atom stereocenters. The second-order valence-electron chi connectivity index (χ2n) is 4.56. The number of benzene rings is 1. The Labute approximate surface area is 130 Å². The first kappa shape index (κ1) is 17.5. The zero-order valence-corrected chi connectivity index (χ0v) is 13.0. The van der Waals surface area contributed by atoms with Crippen molar-refractivity contribution in [2.24, 2.45) is 0 Å². The van der Waals surface area contributed by atoms with Crippen molar-refractivity contribution in [1.29, 1.82) is 5.26 Å². The first-order valence-corrected chi connectivity index (χ1v) is 6.76. The average molecular weight is 304 g/mol. The van der Waals surface area contributed by atoms with E-state index in [1.165, 1.54) is 13.2 Å². The van der Waals surface area contributed by atoms with Crippen molar-refractivity contribution in [3.63, 3.8) is 0 Å². The molecule has 1 N–H and O–H groups in total. The van der Waals surface area contributed by atoms with Crippen molar-refractivity contribution in [3.8, 4) is 17.6 Å². The summed E-state index contributed by atoms with van der Waals surface area (Å²) in [5.74, 6) is 0.790. The summed E-state index contributed by atoms with van der Waals surface area (Å²) < 4.78 is 15.4. The Balaban J connectivity index is 2.71. The molecule has 22 heavy (non-hydrogen) atoms. The minimum atomic E-state index is -0.201. The van der Waals surface area contributed by atoms with Crippen LogP contribution in [-0.4, -0.2) is 39.4 Å². The molecule has 0 aliphatic heterocycles. The van der Waals surface area contributed by atoms with Crippen LogP contribution in [0.2, 0.25) is 0 Å². The molecule has 1 rings (SSSR count). The van der Waals surface area contributed by atoms with Gasteiger partial charge in [0.05, 0.1) is 13.7 Å². The van der Waals surface area contributed by atoms with Crippen molar-refractivity contribution in [2.45, 2.75) is 13.0 Å². The number of hydrogen-bond donors (Lipinski definition) is 1. The van der Waals surface area contributed by atoms with Crippen LogP contribution in [0.15, 0.2) is 24.3 Å². The fourth-order valence-corrected chi connectivity index (χ4v) is 1.77. The molecule has 0 radical (unpaired) electrons. The van der Waals surface area contributed by atoms with E-state index in [0.29, 0.717) is 18.1 Å². The fourth-order valence-electron chi connectivity index (χ4n) is 1.77. The topological polar surface area (TPSA) is 80.6 Å². The smallest absolute Gasteiger partial charge is 0.244 e. The van der Waals surface area contributed by atoms with Crippen LogP contribution in [0.4, 0.5) is 0 Å². The van der Waals surface area contributed by atoms with Gasteiger partial charge in [-0.15, -0.1) is 0 Å². The molecule has 6 heteroatoms. The van der Waals surface area contributed by atoms with E-state index in [-0.39, 0.29) is 18.6 Å². The largest absolute Gasteiger partial charge is 0.493 e. The van der Waals surface area contributed by atoms with Gasteiger partial charge < -0.3 is 19.5 Å². The molecule has 0 aromatic heterocycles. The summed E-state index contributed by atoms with van der Waals surface area (Å²) in [6.45, 7) is 2.27. The normalized spacial score (nSPS) is 11.7. The van der Waals surface area contributed by atoms with Crippen molar-refractivity contribution >= 4 is 12.0 Å². The van der Waals surface area contributed by atoms with Crippen LogP contribution in [0.5, 0.6) is 11.5 Å². The number of ether oxygens (including phenoxy) is 3. The zero-order valence-electron chi connectivity index (χ0n) is 13.0. The number of rotatable bonds is 8. The second-order valence-corrected chi connectivity index (χ2v) is 4.56. The molecule has 0 aliphatic carbocycles. The molecule has 1 amide bonds. The number of methoxy groups -OCH3 is 2. The van der Waals surface area contributed by atoms with E-state index in [1.807, 2.05) is 13.0 Å². The third kappa shape index (κ3) is 5.85. The van der Waals surface area contributed by atoms with Crippen LogP contribution in [0.1, 0.15) is 12.5 Å². The highest BCUT2D eigenvalue weighted by Gasteiger charge is 2.06. The Morgan fingerprint density at radius 2 is 2.18 bits per heavy atom. The molecule has 6 nitrogen and oxygen atoms in total. The van der Waals surface area contributed by atoms with E-state index >= 15 is 0 Å². The van der Waals surface area contributed by atoms with Crippen LogP contribution in [0, 0.1) is 11.3 Å². The summed E-state index contributed by atoms with van der Waals surface area (Å²) in [6, 6.07) is 7.04. The molecule has 0 fully saturated rings. The standard InChI is InChI=1S/C16H20N2O4/c1-12(11-20-2)18-16(19)7-5-13-4-6-14(22-9-8-17)15(10-13)21-3/h4-7,10,12H,9,11H2,1-3H3,(H,18,19)/b7-5+. The maximum atomic E-state index is 11.7. The first-order valence-electron chi connectivity index (χ1n) is 6.76. The summed E-state index contributed by atoms with van der Waals surface area (Å²) in [5.41, 5.74) is 0.788. The van der Waals surface area contributed by atoms with E-state index in [4.69, 9.17) is 19.5 Å². The number of carbonyl (C=O) groups is 1. The van der Waals surface area contributed by atoms with Crippen LogP contribution < -0.4 is 14.8 Å². The van der Waals surface area contributed by atoms with Gasteiger partial charge in [-0.2, -0.15) is 5.26 Å². The second kappa shape index (κ2) is 9.42. The molecule has 0 spiro atoms. The van der Waals surface area contributed by atoms with Gasteiger partial charge in [0.15, 0.2) is 18.1 Å². The van der Waals surface area contributed by atoms with Gasteiger partial charge in [0.25, 0.3) is 0 Å². The lowest BCUT2D eigenvalue weighted by Crippen LogP contribution is -2.34. The molecule has 118 valence electrons. The van der Waals surface area contributed by atoms with Crippen LogP contribution in [0.3, 0.4) is 0 Å². The number of nitrogens with zero attached hydrogens (tertiary/aromatic N) is 1. The van der Waals surface area contributed by atoms with E-state index in [0.717, 1.165) is 5.56 Å². The van der Waals surface area contributed by atoms with Gasteiger partial charge in [-0.05, 0) is 30.7 Å². The number of hydrogen-bond acceptors (Lipinski definition) is 5. The summed E-state index contributed by atoms with van der Waals surface area (Å²) in [4.78, 5) is 11.7. The predicted molar refractivity (Wildman–Crippen MR) is 82.6 cm³/mol. The predicted octanol–water partition coefficient (Wildman–Crippen LogP) is 1.76. The highest BCUT2D eigenvalue weighted by molar-refractivity contribution is 5.92. The minimum absolute atomic E-state index is 0.0503. The van der Waals surface area contributed by atoms with Gasteiger partial charge in [0, 0.05) is 19.2 Å². The number of amides is 1. The minimum Gasteiger partial charge on any atom is -0.493 e. The molecular formula is C16H20N2O4. The van der Waals surface area contributed by atoms with Crippen LogP contribution in [-0.2, 0) is 9.53 Å². The summed E-state index contributed by atoms with van der Waals surface area (Å²) in [6.07, 6.45) is 3.11. The SMILES string of the molecule is COCC(C)NC(=O)/C=C/c1ccc(OCC#N)c(OC)c1. The molecule has 0 aliphatic rings. The quantitative estimate of drug-likeness (QED) is 0.740. The van der Waals surface area contributed by atoms with Crippen molar-refractivity contribution in [3.05, 3.63) is 29.8 Å². The molecule has 0 bridgehead atoms. The van der Waals surface area contributed by atoms with Crippen molar-refractivity contribution in [2.75, 3.05) is 27.4 Å². The van der Waals surface area contributed by atoms with Gasteiger partial charge in [-0.3, -0.25) is 4.79 Å².